The Morgan fingerprint density at radius 3 is 1.55 bits per heavy atom. The molecule has 66 valence electrons. The normalized spacial score (nSPS) is 3.64. The van der Waals surface area contributed by atoms with Crippen LogP contribution in [-0.4, -0.2) is 4.98 Å². The van der Waals surface area contributed by atoms with Gasteiger partial charge >= 0.3 is 26.2 Å². The number of hydrogen-bond acceptors (Lipinski definition) is 0. The van der Waals surface area contributed by atoms with Crippen LogP contribution in [0.2, 0.25) is 0 Å². The van der Waals surface area contributed by atoms with Crippen LogP contribution in [0.5, 0.6) is 0 Å². The average molecular weight is 275 g/mol. The van der Waals surface area contributed by atoms with Crippen LogP contribution >= 0.6 is 24.8 Å². The maximum absolute atomic E-state index is 2.74. The van der Waals surface area contributed by atoms with Gasteiger partial charge in [0.25, 0.3) is 0 Å². The monoisotopic (exact) mass is 273 g/mol. The summed E-state index contributed by atoms with van der Waals surface area (Å²) in [6, 6.07) is 3.71. The van der Waals surface area contributed by atoms with Crippen LogP contribution < -0.4 is 0 Å². The van der Waals surface area contributed by atoms with Crippen LogP contribution in [0.15, 0.2) is 18.3 Å². The predicted molar refractivity (Wildman–Crippen MR) is 53.4 cm³/mol. The van der Waals surface area contributed by atoms with E-state index in [1.165, 1.54) is 0 Å². The summed E-state index contributed by atoms with van der Waals surface area (Å²) in [5.41, 5.74) is 0. The molecule has 11 heavy (non-hydrogen) atoms. The predicted octanol–water partition coefficient (Wildman–Crippen LogP) is 3.01. The van der Waals surface area contributed by atoms with Crippen LogP contribution in [0.1, 0.15) is 0 Å². The zero-order chi connectivity index (χ0) is 3.54. The molecule has 0 saturated heterocycles. The van der Waals surface area contributed by atoms with Crippen molar-refractivity contribution in [3.8, 4) is 0 Å². The van der Waals surface area contributed by atoms with Gasteiger partial charge in [0.1, 0.15) is 0 Å². The first-order chi connectivity index (χ1) is 2.50. The molecule has 0 unspecified atom stereocenters. The number of H-pyrrole nitrogens is 1. The largest absolute Gasteiger partial charge is 4.00 e. The van der Waals surface area contributed by atoms with E-state index in [1.54, 1.807) is 0 Å². The maximum Gasteiger partial charge on any atom is 4.00 e. The van der Waals surface area contributed by atoms with Crippen LogP contribution in [-0.2, 0) is 26.2 Å². The molecular formula is C7H15Cl2NZr. The number of rotatable bonds is 0. The Morgan fingerprint density at radius 2 is 1.45 bits per heavy atom. The minimum Gasteiger partial charge on any atom is -0.484 e. The number of aromatic nitrogens is 1. The summed E-state index contributed by atoms with van der Waals surface area (Å²) in [7, 11) is 0. The topological polar surface area (TPSA) is 15.8 Å². The third-order valence-corrected chi connectivity index (χ3v) is 0.442. The number of nitrogens with one attached hydrogen (secondary N) is 1. The van der Waals surface area contributed by atoms with Gasteiger partial charge in [-0.1, -0.05) is 0 Å². The van der Waals surface area contributed by atoms with Crippen molar-refractivity contribution in [3.05, 3.63) is 46.8 Å². The van der Waals surface area contributed by atoms with E-state index in [9.17, 15) is 0 Å². The maximum atomic E-state index is 2.74. The number of aromatic amines is 1. The quantitative estimate of drug-likeness (QED) is 0.701. The van der Waals surface area contributed by atoms with Gasteiger partial charge in [-0.05, 0) is 0 Å². The van der Waals surface area contributed by atoms with Gasteiger partial charge in [-0.15, -0.1) is 31.0 Å². The summed E-state index contributed by atoms with van der Waals surface area (Å²) in [4.78, 5) is 2.74. The molecule has 1 N–H and O–H groups in total. The second-order valence-electron chi connectivity index (χ2n) is 0.814. The van der Waals surface area contributed by atoms with Crippen LogP contribution in [0.4, 0.5) is 0 Å². The van der Waals surface area contributed by atoms with E-state index in [-0.39, 0.29) is 73.3 Å². The molecule has 0 aliphatic carbocycles. The third-order valence-electron chi connectivity index (χ3n) is 0.442. The molecule has 1 heterocycles. The molecule has 1 aromatic heterocycles. The van der Waals surface area contributed by atoms with Gasteiger partial charge in [0.05, 0.1) is 0 Å². The van der Waals surface area contributed by atoms with Crippen molar-refractivity contribution in [2.75, 3.05) is 0 Å². The first-order valence-corrected chi connectivity index (χ1v) is 1.49. The molecule has 0 amide bonds. The summed E-state index contributed by atoms with van der Waals surface area (Å²) in [6.07, 6.45) is 4.56. The van der Waals surface area contributed by atoms with Gasteiger partial charge in [0, 0.05) is 0 Å². The number of hydrogen-bond donors (Lipinski definition) is 1. The summed E-state index contributed by atoms with van der Waals surface area (Å²) in [5, 5.41) is 0. The molecule has 1 rings (SSSR count). The third kappa shape index (κ3) is 24.9. The fourth-order valence-electron chi connectivity index (χ4n) is 0.241. The Morgan fingerprint density at radius 1 is 1.00 bits per heavy atom. The van der Waals surface area contributed by atoms with Crippen molar-refractivity contribution >= 4 is 24.8 Å². The first-order valence-electron chi connectivity index (χ1n) is 1.49. The standard InChI is InChI=1S/C4H4N.3CH3.2ClH.Zr/c1-2-4-5-3-1;;;;;;/h1-3,5H;3*1H3;2*1H;/q4*-1;;;+4. The Balaban J connectivity index is -0.0000000104. The summed E-state index contributed by atoms with van der Waals surface area (Å²) >= 11 is 0. The van der Waals surface area contributed by atoms with Gasteiger partial charge in [-0.2, -0.15) is 18.3 Å². The van der Waals surface area contributed by atoms with E-state index in [4.69, 9.17) is 0 Å². The van der Waals surface area contributed by atoms with Crippen molar-refractivity contribution < 1.29 is 26.2 Å². The Bertz CT molecular complexity index is 72.9. The molecule has 1 aromatic rings. The van der Waals surface area contributed by atoms with E-state index in [1.807, 2.05) is 18.3 Å². The molecule has 0 aliphatic rings. The van der Waals surface area contributed by atoms with Gasteiger partial charge in [-0.3, -0.25) is 0 Å². The minimum absolute atomic E-state index is 0. The molecular weight excluding hydrogens is 260 g/mol. The van der Waals surface area contributed by atoms with Gasteiger partial charge in [0.2, 0.25) is 0 Å². The van der Waals surface area contributed by atoms with Gasteiger partial charge in [-0.25, -0.2) is 0 Å². The molecule has 4 heteroatoms. The zero-order valence-electron chi connectivity index (χ0n) is 7.05. The smallest absolute Gasteiger partial charge is 0.484 e. The first kappa shape index (κ1) is 41.1. The molecule has 0 saturated carbocycles. The van der Waals surface area contributed by atoms with Crippen LogP contribution in [0, 0.1) is 28.5 Å². The molecule has 0 aromatic carbocycles. The van der Waals surface area contributed by atoms with E-state index in [0.717, 1.165) is 0 Å². The van der Waals surface area contributed by atoms with Crippen LogP contribution in [0.3, 0.4) is 0 Å². The molecule has 1 nitrogen and oxygen atoms in total. The van der Waals surface area contributed by atoms with E-state index < -0.39 is 0 Å². The van der Waals surface area contributed by atoms with Gasteiger partial charge in [0.15, 0.2) is 0 Å². The van der Waals surface area contributed by atoms with Crippen LogP contribution in [0.25, 0.3) is 0 Å². The van der Waals surface area contributed by atoms with Crippen molar-refractivity contribution in [2.24, 2.45) is 0 Å². The van der Waals surface area contributed by atoms with Gasteiger partial charge < -0.3 is 27.3 Å². The van der Waals surface area contributed by atoms with E-state index in [2.05, 4.69) is 11.2 Å². The Labute approximate surface area is 102 Å². The van der Waals surface area contributed by atoms with Crippen molar-refractivity contribution in [3.63, 3.8) is 0 Å². The molecule has 0 spiro atoms. The fourth-order valence-corrected chi connectivity index (χ4v) is 0.241. The summed E-state index contributed by atoms with van der Waals surface area (Å²) in [5.74, 6) is 0. The van der Waals surface area contributed by atoms with Crippen molar-refractivity contribution in [1.82, 2.24) is 4.98 Å². The summed E-state index contributed by atoms with van der Waals surface area (Å²) in [6.45, 7) is 0. The molecule has 0 bridgehead atoms. The number of halogens is 2. The molecule has 0 aliphatic heterocycles. The SMILES string of the molecule is Cl.Cl.[CH3-].[CH3-].[CH3-].[Zr+4].[c-]1ccc[nH]1. The second kappa shape index (κ2) is 30.9. The van der Waals surface area contributed by atoms with Crippen molar-refractivity contribution in [1.29, 1.82) is 0 Å². The minimum atomic E-state index is 0. The Kier molecular flexibility index (Phi) is 116. The van der Waals surface area contributed by atoms with E-state index in [0.29, 0.717) is 0 Å². The average Bonchev–Trinajstić information content (AvgIpc) is 1.76. The molecule has 0 fully saturated rings. The molecule has 0 atom stereocenters. The Hall–Kier alpha value is 0.743. The summed E-state index contributed by atoms with van der Waals surface area (Å²) < 4.78 is 0. The van der Waals surface area contributed by atoms with Crippen molar-refractivity contribution in [2.45, 2.75) is 0 Å². The second-order valence-corrected chi connectivity index (χ2v) is 0.814. The zero-order valence-corrected chi connectivity index (χ0v) is 11.1. The molecule has 0 radical (unpaired) electrons. The van der Waals surface area contributed by atoms with E-state index >= 15 is 0 Å². The fraction of sp³-hybridized carbons (Fsp3) is 0.